The zero-order chi connectivity index (χ0) is 17.8. The highest BCUT2D eigenvalue weighted by molar-refractivity contribution is 5.98. The van der Waals surface area contributed by atoms with Gasteiger partial charge in [0.15, 0.2) is 0 Å². The number of aliphatic carboxylic acids is 1. The van der Waals surface area contributed by atoms with Crippen LogP contribution in [0, 0.1) is 0 Å². The second-order valence-electron chi connectivity index (χ2n) is 6.52. The van der Waals surface area contributed by atoms with Crippen molar-refractivity contribution < 1.29 is 19.5 Å². The maximum atomic E-state index is 13.0. The average molecular weight is 342 g/mol. The lowest BCUT2D eigenvalue weighted by atomic mass is 9.90. The van der Waals surface area contributed by atoms with Crippen molar-refractivity contribution >= 4 is 17.8 Å². The molecular weight excluding hydrogens is 320 g/mol. The van der Waals surface area contributed by atoms with E-state index in [9.17, 15) is 19.5 Å². The summed E-state index contributed by atoms with van der Waals surface area (Å²) in [6.07, 6.45) is 6.95. The van der Waals surface area contributed by atoms with Gasteiger partial charge in [-0.3, -0.25) is 9.59 Å². The van der Waals surface area contributed by atoms with Crippen LogP contribution in [0.5, 0.6) is 0 Å². The fourth-order valence-electron chi connectivity index (χ4n) is 3.61. The molecule has 0 saturated carbocycles. The molecule has 25 heavy (non-hydrogen) atoms. The first kappa shape index (κ1) is 17.2. The number of rotatable bonds is 3. The summed E-state index contributed by atoms with van der Waals surface area (Å²) in [7, 11) is 0. The van der Waals surface area contributed by atoms with Gasteiger partial charge in [-0.15, -0.1) is 0 Å². The van der Waals surface area contributed by atoms with E-state index >= 15 is 0 Å². The molecule has 1 saturated heterocycles. The minimum absolute atomic E-state index is 0.116. The standard InChI is InChI=1S/C19H22N2O4/c22-17(13-7-2-1-3-8-13)20-15-11-5-4-9-14-10-6-12-16(19(24)25)21(14)18(15)23/h1-5,7-8,14-16H,6,9-12H2,(H,20,22)(H,24,25)/b5-4-/t14-,15-,16-/m0/s1. The van der Waals surface area contributed by atoms with E-state index in [1.807, 2.05) is 18.2 Å². The van der Waals surface area contributed by atoms with E-state index in [-0.39, 0.29) is 17.9 Å². The Morgan fingerprint density at radius 2 is 1.80 bits per heavy atom. The molecule has 0 aromatic heterocycles. The van der Waals surface area contributed by atoms with Crippen LogP contribution in [0.2, 0.25) is 0 Å². The molecule has 0 unspecified atom stereocenters. The molecule has 0 radical (unpaired) electrons. The fraction of sp³-hybridized carbons (Fsp3) is 0.421. The predicted molar refractivity (Wildman–Crippen MR) is 92.0 cm³/mol. The van der Waals surface area contributed by atoms with Gasteiger partial charge in [-0.05, 0) is 44.2 Å². The molecule has 1 fully saturated rings. The van der Waals surface area contributed by atoms with Gasteiger partial charge in [0.1, 0.15) is 12.1 Å². The summed E-state index contributed by atoms with van der Waals surface area (Å²) in [4.78, 5) is 38.5. The second-order valence-corrected chi connectivity index (χ2v) is 6.52. The number of nitrogens with zero attached hydrogens (tertiary/aromatic N) is 1. The Balaban J connectivity index is 1.82. The number of carbonyl (C=O) groups excluding carboxylic acids is 2. The molecule has 1 aromatic carbocycles. The number of carboxylic acid groups (broad SMARTS) is 1. The highest BCUT2D eigenvalue weighted by atomic mass is 16.4. The number of hydrogen-bond acceptors (Lipinski definition) is 3. The molecule has 2 N–H and O–H groups in total. The van der Waals surface area contributed by atoms with Gasteiger partial charge in [-0.2, -0.15) is 0 Å². The molecule has 2 aliphatic heterocycles. The Bertz CT molecular complexity index is 686. The summed E-state index contributed by atoms with van der Waals surface area (Å²) >= 11 is 0. The molecule has 6 nitrogen and oxygen atoms in total. The van der Waals surface area contributed by atoms with Crippen LogP contribution in [0.3, 0.4) is 0 Å². The maximum Gasteiger partial charge on any atom is 0.326 e. The third-order valence-electron chi connectivity index (χ3n) is 4.87. The first-order valence-electron chi connectivity index (χ1n) is 8.64. The van der Waals surface area contributed by atoms with E-state index in [0.29, 0.717) is 24.8 Å². The Labute approximate surface area is 146 Å². The zero-order valence-corrected chi connectivity index (χ0v) is 13.9. The molecule has 132 valence electrons. The number of amides is 2. The number of carboxylic acids is 1. The summed E-state index contributed by atoms with van der Waals surface area (Å²) < 4.78 is 0. The number of fused-ring (bicyclic) bond motifs is 1. The van der Waals surface area contributed by atoms with E-state index in [4.69, 9.17) is 0 Å². The molecule has 2 amide bonds. The van der Waals surface area contributed by atoms with Gasteiger partial charge in [-0.25, -0.2) is 4.79 Å². The molecule has 2 aliphatic rings. The van der Waals surface area contributed by atoms with Crippen LogP contribution < -0.4 is 5.32 Å². The van der Waals surface area contributed by atoms with Gasteiger partial charge in [0.25, 0.3) is 5.91 Å². The number of hydrogen-bond donors (Lipinski definition) is 2. The van der Waals surface area contributed by atoms with Gasteiger partial charge < -0.3 is 15.3 Å². The number of piperidine rings is 1. The Hall–Kier alpha value is -2.63. The molecule has 1 aromatic rings. The highest BCUT2D eigenvalue weighted by Gasteiger charge is 2.41. The summed E-state index contributed by atoms with van der Waals surface area (Å²) in [6, 6.07) is 7.03. The van der Waals surface area contributed by atoms with E-state index in [1.165, 1.54) is 4.90 Å². The van der Waals surface area contributed by atoms with Crippen LogP contribution in [0.1, 0.15) is 42.5 Å². The largest absolute Gasteiger partial charge is 0.480 e. The molecule has 2 heterocycles. The van der Waals surface area contributed by atoms with Crippen LogP contribution in [0.15, 0.2) is 42.5 Å². The SMILES string of the molecule is O=C(N[C@H]1C/C=C\C[C@H]2CCC[C@@H](C(=O)O)N2C1=O)c1ccccc1. The van der Waals surface area contributed by atoms with Crippen molar-refractivity contribution in [3.8, 4) is 0 Å². The van der Waals surface area contributed by atoms with E-state index in [2.05, 4.69) is 5.32 Å². The molecule has 3 atom stereocenters. The highest BCUT2D eigenvalue weighted by Crippen LogP contribution is 2.28. The minimum Gasteiger partial charge on any atom is -0.480 e. The number of nitrogens with one attached hydrogen (secondary N) is 1. The normalized spacial score (nSPS) is 27.6. The van der Waals surface area contributed by atoms with E-state index < -0.39 is 18.1 Å². The number of benzene rings is 1. The molecule has 0 aliphatic carbocycles. The molecule has 6 heteroatoms. The van der Waals surface area contributed by atoms with E-state index in [1.54, 1.807) is 24.3 Å². The minimum atomic E-state index is -0.976. The monoisotopic (exact) mass is 342 g/mol. The lowest BCUT2D eigenvalue weighted by molar-refractivity contribution is -0.156. The lowest BCUT2D eigenvalue weighted by Crippen LogP contribution is -2.59. The molecule has 0 bridgehead atoms. The predicted octanol–water partition coefficient (Wildman–Crippen LogP) is 1.97. The van der Waals surface area contributed by atoms with Crippen molar-refractivity contribution in [3.63, 3.8) is 0 Å². The summed E-state index contributed by atoms with van der Waals surface area (Å²) in [6.45, 7) is 0. The molecule has 0 spiro atoms. The average Bonchev–Trinajstić information content (AvgIpc) is 2.62. The van der Waals surface area contributed by atoms with Crippen molar-refractivity contribution in [2.45, 2.75) is 50.2 Å². The first-order chi connectivity index (χ1) is 12.1. The van der Waals surface area contributed by atoms with Gasteiger partial charge in [0.2, 0.25) is 5.91 Å². The maximum absolute atomic E-state index is 13.0. The van der Waals surface area contributed by atoms with Crippen LogP contribution in [-0.4, -0.2) is 45.9 Å². The van der Waals surface area contributed by atoms with Crippen LogP contribution in [0.25, 0.3) is 0 Å². The van der Waals surface area contributed by atoms with Crippen molar-refractivity contribution in [1.29, 1.82) is 0 Å². The first-order valence-corrected chi connectivity index (χ1v) is 8.64. The van der Waals surface area contributed by atoms with Gasteiger partial charge >= 0.3 is 5.97 Å². The topological polar surface area (TPSA) is 86.7 Å². The molecule has 3 rings (SSSR count). The van der Waals surface area contributed by atoms with Crippen molar-refractivity contribution in [1.82, 2.24) is 10.2 Å². The van der Waals surface area contributed by atoms with Gasteiger partial charge in [-0.1, -0.05) is 30.4 Å². The lowest BCUT2D eigenvalue weighted by Gasteiger charge is -2.42. The van der Waals surface area contributed by atoms with Crippen LogP contribution in [-0.2, 0) is 9.59 Å². The van der Waals surface area contributed by atoms with E-state index in [0.717, 1.165) is 12.8 Å². The smallest absolute Gasteiger partial charge is 0.326 e. The van der Waals surface area contributed by atoms with Gasteiger partial charge in [0, 0.05) is 11.6 Å². The Kier molecular flexibility index (Phi) is 5.16. The van der Waals surface area contributed by atoms with Crippen LogP contribution >= 0.6 is 0 Å². The Morgan fingerprint density at radius 1 is 1.08 bits per heavy atom. The van der Waals surface area contributed by atoms with Gasteiger partial charge in [0.05, 0.1) is 0 Å². The Morgan fingerprint density at radius 3 is 2.52 bits per heavy atom. The second kappa shape index (κ2) is 7.51. The summed E-state index contributed by atoms with van der Waals surface area (Å²) in [5.41, 5.74) is 0.478. The third-order valence-corrected chi connectivity index (χ3v) is 4.87. The van der Waals surface area contributed by atoms with Crippen molar-refractivity contribution in [2.75, 3.05) is 0 Å². The summed E-state index contributed by atoms with van der Waals surface area (Å²) in [5, 5.41) is 12.3. The number of carbonyl (C=O) groups is 3. The summed E-state index contributed by atoms with van der Waals surface area (Å²) in [5.74, 6) is -1.60. The van der Waals surface area contributed by atoms with Crippen molar-refractivity contribution in [3.05, 3.63) is 48.0 Å². The van der Waals surface area contributed by atoms with Crippen LogP contribution in [0.4, 0.5) is 0 Å². The quantitative estimate of drug-likeness (QED) is 0.822. The fourth-order valence-corrected chi connectivity index (χ4v) is 3.61. The zero-order valence-electron chi connectivity index (χ0n) is 13.9. The molecular formula is C19H22N2O4. The van der Waals surface area contributed by atoms with Crippen molar-refractivity contribution in [2.24, 2.45) is 0 Å². The third kappa shape index (κ3) is 3.73.